The van der Waals surface area contributed by atoms with E-state index in [2.05, 4.69) is 15.5 Å². The maximum atomic E-state index is 12.0. The predicted octanol–water partition coefficient (Wildman–Crippen LogP) is 2.63. The molecule has 23 heavy (non-hydrogen) atoms. The molecule has 1 aromatic heterocycles. The van der Waals surface area contributed by atoms with Gasteiger partial charge in [-0.25, -0.2) is 0 Å². The van der Waals surface area contributed by atoms with Crippen LogP contribution in [0, 0.1) is 0 Å². The highest BCUT2D eigenvalue weighted by Crippen LogP contribution is 2.26. The molecule has 1 amide bonds. The number of benzene rings is 1. The monoisotopic (exact) mass is 349 g/mol. The molecule has 8 heteroatoms. The second-order valence-corrected chi connectivity index (χ2v) is 7.14. The lowest BCUT2D eigenvalue weighted by atomic mass is 10.2. The highest BCUT2D eigenvalue weighted by atomic mass is 32.2. The van der Waals surface area contributed by atoms with Gasteiger partial charge in [0.2, 0.25) is 5.13 Å². The Balaban J connectivity index is 1.51. The summed E-state index contributed by atoms with van der Waals surface area (Å²) in [5.74, 6) is 0.143. The van der Waals surface area contributed by atoms with Gasteiger partial charge in [0, 0.05) is 12.2 Å². The molecular formula is C15H15N3O3S2. The topological polar surface area (TPSA) is 81.2 Å². The van der Waals surface area contributed by atoms with Crippen LogP contribution in [0.4, 0.5) is 5.13 Å². The van der Waals surface area contributed by atoms with E-state index in [1.807, 2.05) is 18.2 Å². The fourth-order valence-corrected chi connectivity index (χ4v) is 3.77. The van der Waals surface area contributed by atoms with Crippen molar-refractivity contribution in [2.24, 2.45) is 0 Å². The number of carbonyl (C=O) groups excluding carboxylic acids is 2. The minimum atomic E-state index is -0.394. The third-order valence-corrected chi connectivity index (χ3v) is 5.25. The molecule has 1 aromatic carbocycles. The number of anilines is 1. The van der Waals surface area contributed by atoms with Crippen molar-refractivity contribution in [3.63, 3.8) is 0 Å². The number of thioether (sulfide) groups is 1. The van der Waals surface area contributed by atoms with E-state index in [0.717, 1.165) is 12.8 Å². The van der Waals surface area contributed by atoms with Crippen molar-refractivity contribution >= 4 is 39.9 Å². The molecule has 2 heterocycles. The second-order valence-electron chi connectivity index (χ2n) is 4.94. The standard InChI is InChI=1S/C15H15N3O3S2/c19-11(10-5-2-1-3-6-10)9-22-15-18-17-14(23-15)16-13(20)12-7-4-8-21-12/h1-3,5-6,12H,4,7-9H2,(H,16,17,20)/t12-/m1/s1. The summed E-state index contributed by atoms with van der Waals surface area (Å²) in [6.45, 7) is 0.622. The van der Waals surface area contributed by atoms with Crippen LogP contribution >= 0.6 is 23.1 Å². The number of Topliss-reactive ketones (excluding diaryl/α,β-unsaturated/α-hetero) is 1. The van der Waals surface area contributed by atoms with Gasteiger partial charge in [-0.05, 0) is 12.8 Å². The number of hydrogen-bond acceptors (Lipinski definition) is 7. The van der Waals surface area contributed by atoms with Crippen LogP contribution in [0.25, 0.3) is 0 Å². The summed E-state index contributed by atoms with van der Waals surface area (Å²) in [5, 5.41) is 11.0. The molecule has 2 aromatic rings. The number of ether oxygens (including phenoxy) is 1. The Morgan fingerprint density at radius 3 is 2.87 bits per heavy atom. The third-order valence-electron chi connectivity index (χ3n) is 3.28. The first kappa shape index (κ1) is 16.1. The van der Waals surface area contributed by atoms with Crippen molar-refractivity contribution in [2.75, 3.05) is 17.7 Å². The minimum absolute atomic E-state index is 0.0377. The fourth-order valence-electron chi connectivity index (χ4n) is 2.12. The Bertz CT molecular complexity index is 684. The summed E-state index contributed by atoms with van der Waals surface area (Å²) >= 11 is 2.57. The van der Waals surface area contributed by atoms with E-state index >= 15 is 0 Å². The van der Waals surface area contributed by atoms with Crippen molar-refractivity contribution in [1.29, 1.82) is 0 Å². The number of rotatable bonds is 6. The summed E-state index contributed by atoms with van der Waals surface area (Å²) in [6, 6.07) is 9.12. The van der Waals surface area contributed by atoms with E-state index in [4.69, 9.17) is 4.74 Å². The number of nitrogens with zero attached hydrogens (tertiary/aromatic N) is 2. The molecule has 3 rings (SSSR count). The fraction of sp³-hybridized carbons (Fsp3) is 0.333. The van der Waals surface area contributed by atoms with Crippen LogP contribution in [-0.2, 0) is 9.53 Å². The van der Waals surface area contributed by atoms with Crippen LogP contribution in [0.5, 0.6) is 0 Å². The minimum Gasteiger partial charge on any atom is -0.368 e. The number of aromatic nitrogens is 2. The van der Waals surface area contributed by atoms with E-state index in [-0.39, 0.29) is 11.7 Å². The number of hydrogen-bond donors (Lipinski definition) is 1. The molecule has 1 atom stereocenters. The summed E-state index contributed by atoms with van der Waals surface area (Å²) in [5.41, 5.74) is 0.677. The van der Waals surface area contributed by atoms with Crippen LogP contribution in [0.15, 0.2) is 34.7 Å². The van der Waals surface area contributed by atoms with Gasteiger partial charge in [-0.15, -0.1) is 10.2 Å². The van der Waals surface area contributed by atoms with E-state index in [9.17, 15) is 9.59 Å². The van der Waals surface area contributed by atoms with Crippen molar-refractivity contribution < 1.29 is 14.3 Å². The number of amides is 1. The van der Waals surface area contributed by atoms with Gasteiger partial charge in [-0.1, -0.05) is 53.4 Å². The maximum absolute atomic E-state index is 12.0. The molecule has 120 valence electrons. The summed E-state index contributed by atoms with van der Waals surface area (Å²) in [7, 11) is 0. The molecule has 1 fully saturated rings. The second kappa shape index (κ2) is 7.67. The van der Waals surface area contributed by atoms with Crippen molar-refractivity contribution in [2.45, 2.75) is 23.3 Å². The Labute approximate surface area is 141 Å². The molecule has 0 saturated carbocycles. The van der Waals surface area contributed by atoms with E-state index < -0.39 is 6.10 Å². The molecule has 6 nitrogen and oxygen atoms in total. The summed E-state index contributed by atoms with van der Waals surface area (Å²) in [6.07, 6.45) is 1.24. The normalized spacial score (nSPS) is 17.1. The van der Waals surface area contributed by atoms with Crippen molar-refractivity contribution in [1.82, 2.24) is 10.2 Å². The molecule has 1 saturated heterocycles. The lowest BCUT2D eigenvalue weighted by molar-refractivity contribution is -0.124. The van der Waals surface area contributed by atoms with Gasteiger partial charge in [0.15, 0.2) is 10.1 Å². The average Bonchev–Trinajstić information content (AvgIpc) is 3.25. The van der Waals surface area contributed by atoms with Gasteiger partial charge < -0.3 is 4.74 Å². The summed E-state index contributed by atoms with van der Waals surface area (Å²) < 4.78 is 5.97. The predicted molar refractivity (Wildman–Crippen MR) is 89.0 cm³/mol. The van der Waals surface area contributed by atoms with Gasteiger partial charge >= 0.3 is 0 Å². The molecule has 0 spiro atoms. The van der Waals surface area contributed by atoms with Crippen LogP contribution in [0.1, 0.15) is 23.2 Å². The SMILES string of the molecule is O=C(CSc1nnc(NC(=O)[C@H]2CCCO2)s1)c1ccccc1. The smallest absolute Gasteiger partial charge is 0.255 e. The molecular weight excluding hydrogens is 334 g/mol. The Hall–Kier alpha value is -1.77. The van der Waals surface area contributed by atoms with Crippen molar-refractivity contribution in [3.05, 3.63) is 35.9 Å². The van der Waals surface area contributed by atoms with Gasteiger partial charge in [0.05, 0.1) is 5.75 Å². The summed E-state index contributed by atoms with van der Waals surface area (Å²) in [4.78, 5) is 23.9. The molecule has 0 bridgehead atoms. The zero-order chi connectivity index (χ0) is 16.1. The van der Waals surface area contributed by atoms with Gasteiger partial charge in [-0.3, -0.25) is 14.9 Å². The van der Waals surface area contributed by atoms with Crippen LogP contribution < -0.4 is 5.32 Å². The first-order valence-electron chi connectivity index (χ1n) is 7.19. The largest absolute Gasteiger partial charge is 0.368 e. The Kier molecular flexibility index (Phi) is 5.37. The quantitative estimate of drug-likeness (QED) is 0.490. The van der Waals surface area contributed by atoms with Crippen molar-refractivity contribution in [3.8, 4) is 0 Å². The lowest BCUT2D eigenvalue weighted by Crippen LogP contribution is -2.26. The molecule has 1 N–H and O–H groups in total. The number of nitrogens with one attached hydrogen (secondary N) is 1. The number of carbonyl (C=O) groups is 2. The first-order valence-corrected chi connectivity index (χ1v) is 8.99. The maximum Gasteiger partial charge on any atom is 0.255 e. The highest BCUT2D eigenvalue weighted by molar-refractivity contribution is 8.01. The van der Waals surface area contributed by atoms with Crippen LogP contribution in [0.3, 0.4) is 0 Å². The zero-order valence-electron chi connectivity index (χ0n) is 12.2. The first-order chi connectivity index (χ1) is 11.2. The van der Waals surface area contributed by atoms with Crippen LogP contribution in [-0.4, -0.2) is 40.4 Å². The van der Waals surface area contributed by atoms with E-state index in [0.29, 0.717) is 27.4 Å². The Morgan fingerprint density at radius 2 is 2.13 bits per heavy atom. The van der Waals surface area contributed by atoms with Gasteiger partial charge in [-0.2, -0.15) is 0 Å². The van der Waals surface area contributed by atoms with Gasteiger partial charge in [0.25, 0.3) is 5.91 Å². The molecule has 0 radical (unpaired) electrons. The highest BCUT2D eigenvalue weighted by Gasteiger charge is 2.24. The van der Waals surface area contributed by atoms with E-state index in [1.165, 1.54) is 23.1 Å². The lowest BCUT2D eigenvalue weighted by Gasteiger charge is -2.06. The molecule has 0 unspecified atom stereocenters. The third kappa shape index (κ3) is 4.37. The van der Waals surface area contributed by atoms with E-state index in [1.54, 1.807) is 12.1 Å². The van der Waals surface area contributed by atoms with Crippen LogP contribution in [0.2, 0.25) is 0 Å². The average molecular weight is 349 g/mol. The molecule has 0 aliphatic carbocycles. The zero-order valence-corrected chi connectivity index (χ0v) is 13.9. The molecule has 1 aliphatic rings. The van der Waals surface area contributed by atoms with Gasteiger partial charge in [0.1, 0.15) is 6.10 Å². The molecule has 1 aliphatic heterocycles. The number of ketones is 1. The Morgan fingerprint density at radius 1 is 1.30 bits per heavy atom.